The summed E-state index contributed by atoms with van der Waals surface area (Å²) in [5.74, 6) is -0.109. The molecule has 1 amide bonds. The summed E-state index contributed by atoms with van der Waals surface area (Å²) in [5, 5.41) is 0. The molecule has 2 aliphatic heterocycles. The highest BCUT2D eigenvalue weighted by Gasteiger charge is 2.33. The van der Waals surface area contributed by atoms with Crippen LogP contribution in [0.4, 0.5) is 5.69 Å². The maximum absolute atomic E-state index is 13.7. The van der Waals surface area contributed by atoms with Crippen LogP contribution in [0.15, 0.2) is 71.8 Å². The molecule has 1 unspecified atom stereocenters. The smallest absolute Gasteiger partial charge is 0.264 e. The molecule has 6 nitrogen and oxygen atoms in total. The minimum atomic E-state index is -3.75. The highest BCUT2D eigenvalue weighted by molar-refractivity contribution is 7.92. The van der Waals surface area contributed by atoms with Crippen LogP contribution in [-0.2, 0) is 23.5 Å². The molecule has 172 valence electrons. The highest BCUT2D eigenvalue weighted by Crippen LogP contribution is 2.34. The summed E-state index contributed by atoms with van der Waals surface area (Å²) in [6, 6.07) is 18.2. The van der Waals surface area contributed by atoms with E-state index in [0.717, 1.165) is 42.6 Å². The summed E-state index contributed by atoms with van der Waals surface area (Å²) in [5.41, 5.74) is 3.29. The fourth-order valence-electron chi connectivity index (χ4n) is 5.12. The predicted octanol–water partition coefficient (Wildman–Crippen LogP) is 4.53. The van der Waals surface area contributed by atoms with Gasteiger partial charge in [-0.2, -0.15) is 0 Å². The van der Waals surface area contributed by atoms with E-state index < -0.39 is 10.0 Å². The summed E-state index contributed by atoms with van der Waals surface area (Å²) in [7, 11) is -1.75. The molecule has 0 bridgehead atoms. The third-order valence-electron chi connectivity index (χ3n) is 6.85. The van der Waals surface area contributed by atoms with E-state index in [4.69, 9.17) is 0 Å². The average Bonchev–Trinajstić information content (AvgIpc) is 3.38. The van der Waals surface area contributed by atoms with Gasteiger partial charge in [0.1, 0.15) is 0 Å². The molecule has 0 saturated carbocycles. The summed E-state index contributed by atoms with van der Waals surface area (Å²) in [6.45, 7) is 1.09. The van der Waals surface area contributed by atoms with Crippen molar-refractivity contribution in [3.05, 3.63) is 83.7 Å². The third-order valence-corrected chi connectivity index (χ3v) is 8.66. The Morgan fingerprint density at radius 2 is 1.79 bits per heavy atom. The fraction of sp³-hybridized carbons (Fsp3) is 0.346. The van der Waals surface area contributed by atoms with Crippen molar-refractivity contribution in [2.75, 3.05) is 17.4 Å². The molecule has 2 aliphatic rings. The highest BCUT2D eigenvalue weighted by atomic mass is 32.2. The second kappa shape index (κ2) is 8.71. The zero-order valence-corrected chi connectivity index (χ0v) is 19.7. The fourth-order valence-corrected chi connectivity index (χ4v) is 6.67. The summed E-state index contributed by atoms with van der Waals surface area (Å²) in [6.07, 6.45) is 6.72. The first-order chi connectivity index (χ1) is 16.0. The van der Waals surface area contributed by atoms with Crippen molar-refractivity contribution >= 4 is 21.6 Å². The first kappa shape index (κ1) is 21.8. The number of aryl methyl sites for hydroxylation is 1. The van der Waals surface area contributed by atoms with Gasteiger partial charge in [0.2, 0.25) is 0 Å². The Morgan fingerprint density at radius 1 is 0.939 bits per heavy atom. The summed E-state index contributed by atoms with van der Waals surface area (Å²) >= 11 is 0. The van der Waals surface area contributed by atoms with E-state index in [2.05, 4.69) is 10.6 Å². The van der Waals surface area contributed by atoms with E-state index in [-0.39, 0.29) is 16.8 Å². The quantitative estimate of drug-likeness (QED) is 0.571. The molecule has 5 rings (SSSR count). The van der Waals surface area contributed by atoms with Crippen LogP contribution in [0.25, 0.3) is 0 Å². The van der Waals surface area contributed by atoms with Crippen molar-refractivity contribution < 1.29 is 13.2 Å². The standard InChI is InChI=1S/C26H29N3O3S/c1-27-16-8-14-24(27)25-13-3-2-6-17-28(25)26(30)21-10-7-11-22(19-21)33(31,32)29-18-15-20-9-4-5-12-23(20)29/h4-5,7-12,14,16,19,25H,2-3,6,13,15,17-18H2,1H3. The largest absolute Gasteiger partial charge is 0.353 e. The number of para-hydroxylation sites is 1. The van der Waals surface area contributed by atoms with E-state index in [1.165, 1.54) is 4.31 Å². The van der Waals surface area contributed by atoms with Crippen LogP contribution in [0.5, 0.6) is 0 Å². The van der Waals surface area contributed by atoms with E-state index in [1.54, 1.807) is 24.3 Å². The monoisotopic (exact) mass is 463 g/mol. The lowest BCUT2D eigenvalue weighted by molar-refractivity contribution is 0.0674. The van der Waals surface area contributed by atoms with Gasteiger partial charge in [-0.15, -0.1) is 0 Å². The van der Waals surface area contributed by atoms with Crippen LogP contribution in [0.2, 0.25) is 0 Å². The molecule has 3 aromatic rings. The van der Waals surface area contributed by atoms with Gasteiger partial charge in [0.05, 0.1) is 16.6 Å². The molecule has 0 aliphatic carbocycles. The zero-order valence-electron chi connectivity index (χ0n) is 18.9. The number of rotatable bonds is 4. The minimum absolute atomic E-state index is 0.00859. The Kier molecular flexibility index (Phi) is 5.74. The Balaban J connectivity index is 1.47. The van der Waals surface area contributed by atoms with E-state index in [9.17, 15) is 13.2 Å². The number of anilines is 1. The molecule has 1 atom stereocenters. The number of carbonyl (C=O) groups is 1. The molecular formula is C26H29N3O3S. The van der Waals surface area contributed by atoms with Gasteiger partial charge in [-0.05, 0) is 61.2 Å². The summed E-state index contributed by atoms with van der Waals surface area (Å²) in [4.78, 5) is 15.8. The average molecular weight is 464 g/mol. The maximum Gasteiger partial charge on any atom is 0.264 e. The molecule has 0 radical (unpaired) electrons. The molecular weight excluding hydrogens is 434 g/mol. The van der Waals surface area contributed by atoms with Crippen molar-refractivity contribution in [2.45, 2.75) is 43.0 Å². The van der Waals surface area contributed by atoms with Crippen molar-refractivity contribution in [1.82, 2.24) is 9.47 Å². The van der Waals surface area contributed by atoms with Crippen molar-refractivity contribution in [3.63, 3.8) is 0 Å². The van der Waals surface area contributed by atoms with Gasteiger partial charge < -0.3 is 9.47 Å². The lowest BCUT2D eigenvalue weighted by atomic mass is 10.1. The minimum Gasteiger partial charge on any atom is -0.353 e. The van der Waals surface area contributed by atoms with E-state index in [1.807, 2.05) is 48.5 Å². The number of likely N-dealkylation sites (tertiary alicyclic amines) is 1. The van der Waals surface area contributed by atoms with Gasteiger partial charge in [-0.25, -0.2) is 8.42 Å². The number of aromatic nitrogens is 1. The molecule has 2 aromatic carbocycles. The number of hydrogen-bond acceptors (Lipinski definition) is 3. The SMILES string of the molecule is Cn1cccc1C1CCCCCN1C(=O)c1cccc(S(=O)(=O)N2CCc3ccccc32)c1. The molecule has 1 fully saturated rings. The number of nitrogens with zero attached hydrogens (tertiary/aromatic N) is 3. The molecule has 7 heteroatoms. The second-order valence-electron chi connectivity index (χ2n) is 8.89. The molecule has 0 N–H and O–H groups in total. The van der Waals surface area contributed by atoms with Gasteiger partial charge in [0.15, 0.2) is 0 Å². The first-order valence-electron chi connectivity index (χ1n) is 11.6. The third kappa shape index (κ3) is 3.95. The summed E-state index contributed by atoms with van der Waals surface area (Å²) < 4.78 is 30.5. The van der Waals surface area contributed by atoms with Crippen LogP contribution in [0.1, 0.15) is 53.3 Å². The van der Waals surface area contributed by atoms with Crippen molar-refractivity contribution in [1.29, 1.82) is 0 Å². The van der Waals surface area contributed by atoms with Crippen LogP contribution in [-0.4, -0.2) is 36.9 Å². The maximum atomic E-state index is 13.7. The Labute approximate surface area is 195 Å². The number of fused-ring (bicyclic) bond motifs is 1. The van der Waals surface area contributed by atoms with E-state index >= 15 is 0 Å². The van der Waals surface area contributed by atoms with Gasteiger partial charge in [-0.3, -0.25) is 9.10 Å². The van der Waals surface area contributed by atoms with Crippen molar-refractivity contribution in [3.8, 4) is 0 Å². The number of amides is 1. The second-order valence-corrected chi connectivity index (χ2v) is 10.8. The molecule has 1 saturated heterocycles. The normalized spacial score (nSPS) is 18.8. The number of sulfonamides is 1. The van der Waals surface area contributed by atoms with Crippen molar-refractivity contribution in [2.24, 2.45) is 7.05 Å². The van der Waals surface area contributed by atoms with E-state index in [0.29, 0.717) is 25.1 Å². The number of carbonyl (C=O) groups excluding carboxylic acids is 1. The van der Waals surface area contributed by atoms with Crippen LogP contribution in [0.3, 0.4) is 0 Å². The van der Waals surface area contributed by atoms with Gasteiger partial charge in [0.25, 0.3) is 15.9 Å². The first-order valence-corrected chi connectivity index (χ1v) is 13.0. The Bertz CT molecular complexity index is 1280. The molecule has 3 heterocycles. The van der Waals surface area contributed by atoms with Crippen LogP contribution >= 0.6 is 0 Å². The Hall–Kier alpha value is -3.06. The van der Waals surface area contributed by atoms with Gasteiger partial charge in [-0.1, -0.05) is 37.1 Å². The Morgan fingerprint density at radius 3 is 2.61 bits per heavy atom. The zero-order chi connectivity index (χ0) is 23.0. The topological polar surface area (TPSA) is 62.6 Å². The van der Waals surface area contributed by atoms with Gasteiger partial charge >= 0.3 is 0 Å². The molecule has 1 aromatic heterocycles. The predicted molar refractivity (Wildman–Crippen MR) is 129 cm³/mol. The molecule has 33 heavy (non-hydrogen) atoms. The number of hydrogen-bond donors (Lipinski definition) is 0. The van der Waals surface area contributed by atoms with Crippen LogP contribution in [0, 0.1) is 0 Å². The van der Waals surface area contributed by atoms with Crippen LogP contribution < -0.4 is 4.31 Å². The lowest BCUT2D eigenvalue weighted by Crippen LogP contribution is -2.36. The lowest BCUT2D eigenvalue weighted by Gasteiger charge is -2.31. The van der Waals surface area contributed by atoms with Gasteiger partial charge in [0, 0.05) is 37.6 Å². The number of benzene rings is 2. The molecule has 0 spiro atoms.